The average molecular weight is 310 g/mol. The Balaban J connectivity index is 5.61. The van der Waals surface area contributed by atoms with Crippen LogP contribution in [0.15, 0.2) is 10.2 Å². The topological polar surface area (TPSA) is 124 Å². The lowest BCUT2D eigenvalue weighted by Gasteiger charge is -2.34. The van der Waals surface area contributed by atoms with Crippen molar-refractivity contribution in [2.24, 2.45) is 32.5 Å². The Hall–Kier alpha value is -1.46. The molecule has 0 bridgehead atoms. The molecule has 0 aliphatic rings. The number of amidine groups is 2. The summed E-state index contributed by atoms with van der Waals surface area (Å²) in [6, 6.07) is 0. The molecule has 0 aliphatic heterocycles. The maximum atomic E-state index is 7.86. The Morgan fingerprint density at radius 2 is 0.909 bits per heavy atom. The fourth-order valence-electron chi connectivity index (χ4n) is 2.65. The second-order valence-corrected chi connectivity index (χ2v) is 9.05. The minimum atomic E-state index is -0.882. The zero-order valence-electron chi connectivity index (χ0n) is 15.5. The lowest BCUT2D eigenvalue weighted by atomic mass is 9.80. The summed E-state index contributed by atoms with van der Waals surface area (Å²) in [4.78, 5) is 0. The van der Waals surface area contributed by atoms with Crippen LogP contribution in [-0.2, 0) is 0 Å². The summed E-state index contributed by atoms with van der Waals surface area (Å²) in [5, 5.41) is 24.5. The molecule has 0 rings (SSSR count). The van der Waals surface area contributed by atoms with Gasteiger partial charge in [-0.2, -0.15) is 10.2 Å². The summed E-state index contributed by atoms with van der Waals surface area (Å²) in [7, 11) is 0. The molecule has 0 saturated heterocycles. The highest BCUT2D eigenvalue weighted by Crippen LogP contribution is 2.34. The Morgan fingerprint density at radius 1 is 0.682 bits per heavy atom. The number of nitrogens with one attached hydrogen (secondary N) is 2. The summed E-state index contributed by atoms with van der Waals surface area (Å²) in [6.07, 6.45) is 1.20. The standard InChI is InChI=1S/C16H34N6/c1-13(2,3)9-15(7,11(17)18)21-22-16(8,12(19)20)10-14(4,5)6/h9-10H2,1-8H3,(H3,17,18)(H3,19,20). The van der Waals surface area contributed by atoms with Gasteiger partial charge in [-0.25, -0.2) is 0 Å². The van der Waals surface area contributed by atoms with E-state index in [4.69, 9.17) is 22.3 Å². The molecule has 0 aromatic rings. The number of hydrogen-bond acceptors (Lipinski definition) is 4. The van der Waals surface area contributed by atoms with E-state index in [-0.39, 0.29) is 22.5 Å². The van der Waals surface area contributed by atoms with Gasteiger partial charge in [0.15, 0.2) is 0 Å². The van der Waals surface area contributed by atoms with Crippen molar-refractivity contribution < 1.29 is 0 Å². The van der Waals surface area contributed by atoms with Gasteiger partial charge in [-0.3, -0.25) is 10.8 Å². The van der Waals surface area contributed by atoms with Gasteiger partial charge in [-0.1, -0.05) is 41.5 Å². The highest BCUT2D eigenvalue weighted by Gasteiger charge is 2.37. The summed E-state index contributed by atoms with van der Waals surface area (Å²) in [5.74, 6) is -0.0410. The molecule has 0 aliphatic carbocycles. The van der Waals surface area contributed by atoms with E-state index in [1.165, 1.54) is 0 Å². The molecule has 6 heteroatoms. The predicted octanol–water partition coefficient (Wildman–Crippen LogP) is 3.70. The van der Waals surface area contributed by atoms with Crippen LogP contribution in [0.25, 0.3) is 0 Å². The van der Waals surface area contributed by atoms with E-state index in [1.807, 2.05) is 13.8 Å². The first-order valence-electron chi connectivity index (χ1n) is 7.64. The molecule has 0 spiro atoms. The molecule has 0 fully saturated rings. The van der Waals surface area contributed by atoms with Crippen LogP contribution in [0.4, 0.5) is 0 Å². The van der Waals surface area contributed by atoms with Crippen LogP contribution in [0, 0.1) is 21.6 Å². The molecule has 0 saturated carbocycles. The Bertz CT molecular complexity index is 412. The predicted molar refractivity (Wildman–Crippen MR) is 93.6 cm³/mol. The van der Waals surface area contributed by atoms with Crippen LogP contribution >= 0.6 is 0 Å². The highest BCUT2D eigenvalue weighted by molar-refractivity contribution is 5.88. The zero-order chi connectivity index (χ0) is 18.0. The number of nitrogens with zero attached hydrogens (tertiary/aromatic N) is 2. The van der Waals surface area contributed by atoms with Gasteiger partial charge < -0.3 is 11.5 Å². The third kappa shape index (κ3) is 6.54. The van der Waals surface area contributed by atoms with E-state index in [9.17, 15) is 0 Å². The van der Waals surface area contributed by atoms with E-state index in [1.54, 1.807) is 0 Å². The van der Waals surface area contributed by atoms with E-state index in [0.717, 1.165) is 0 Å². The molecule has 2 unspecified atom stereocenters. The average Bonchev–Trinajstić information content (AvgIpc) is 2.21. The number of hydrogen-bond donors (Lipinski definition) is 4. The summed E-state index contributed by atoms with van der Waals surface area (Å²) >= 11 is 0. The normalized spacial score (nSPS) is 18.7. The number of nitrogens with two attached hydrogens (primary N) is 2. The van der Waals surface area contributed by atoms with Gasteiger partial charge in [0, 0.05) is 0 Å². The van der Waals surface area contributed by atoms with E-state index >= 15 is 0 Å². The number of rotatable bonds is 6. The third-order valence-corrected chi connectivity index (χ3v) is 3.40. The lowest BCUT2D eigenvalue weighted by molar-refractivity contribution is 0.286. The molecule has 22 heavy (non-hydrogen) atoms. The van der Waals surface area contributed by atoms with E-state index in [2.05, 4.69) is 51.8 Å². The molecular formula is C16H34N6. The summed E-state index contributed by atoms with van der Waals surface area (Å²) in [6.45, 7) is 16.0. The maximum absolute atomic E-state index is 7.86. The van der Waals surface area contributed by atoms with Crippen molar-refractivity contribution in [3.05, 3.63) is 0 Å². The molecule has 0 radical (unpaired) electrons. The van der Waals surface area contributed by atoms with Crippen LogP contribution in [0.1, 0.15) is 68.2 Å². The van der Waals surface area contributed by atoms with Crippen molar-refractivity contribution in [2.75, 3.05) is 0 Å². The van der Waals surface area contributed by atoms with Crippen molar-refractivity contribution in [2.45, 2.75) is 79.3 Å². The van der Waals surface area contributed by atoms with Crippen LogP contribution < -0.4 is 11.5 Å². The zero-order valence-corrected chi connectivity index (χ0v) is 15.5. The van der Waals surface area contributed by atoms with Crippen molar-refractivity contribution >= 4 is 11.7 Å². The van der Waals surface area contributed by atoms with Gasteiger partial charge in [0.2, 0.25) is 0 Å². The summed E-state index contributed by atoms with van der Waals surface area (Å²) < 4.78 is 0. The van der Waals surface area contributed by atoms with Gasteiger partial charge in [-0.15, -0.1) is 0 Å². The molecule has 6 nitrogen and oxygen atoms in total. The quantitative estimate of drug-likeness (QED) is 0.339. The second kappa shape index (κ2) is 6.34. The first-order chi connectivity index (χ1) is 9.51. The van der Waals surface area contributed by atoms with Crippen molar-refractivity contribution in [3.63, 3.8) is 0 Å². The minimum absolute atomic E-state index is 0.0205. The summed E-state index contributed by atoms with van der Waals surface area (Å²) in [5.41, 5.74) is 9.66. The highest BCUT2D eigenvalue weighted by atomic mass is 15.2. The van der Waals surface area contributed by atoms with Crippen molar-refractivity contribution in [1.82, 2.24) is 0 Å². The largest absolute Gasteiger partial charge is 0.386 e. The van der Waals surface area contributed by atoms with Crippen LogP contribution in [-0.4, -0.2) is 22.7 Å². The molecule has 0 aromatic carbocycles. The van der Waals surface area contributed by atoms with Crippen molar-refractivity contribution in [3.8, 4) is 0 Å². The Labute approximate surface area is 135 Å². The Morgan fingerprint density at radius 3 is 1.05 bits per heavy atom. The van der Waals surface area contributed by atoms with E-state index < -0.39 is 11.1 Å². The fourth-order valence-corrected chi connectivity index (χ4v) is 2.65. The molecule has 128 valence electrons. The first kappa shape index (κ1) is 20.5. The maximum Gasteiger partial charge on any atom is 0.135 e. The van der Waals surface area contributed by atoms with Crippen LogP contribution in [0.2, 0.25) is 0 Å². The van der Waals surface area contributed by atoms with Gasteiger partial charge in [0.25, 0.3) is 0 Å². The van der Waals surface area contributed by atoms with Crippen LogP contribution in [0.3, 0.4) is 0 Å². The minimum Gasteiger partial charge on any atom is -0.386 e. The second-order valence-electron chi connectivity index (χ2n) is 9.05. The van der Waals surface area contributed by atoms with Crippen molar-refractivity contribution in [1.29, 1.82) is 10.8 Å². The van der Waals surface area contributed by atoms with Gasteiger partial charge in [0.05, 0.1) is 0 Å². The fraction of sp³-hybridized carbons (Fsp3) is 0.875. The molecule has 0 heterocycles. The lowest BCUT2D eigenvalue weighted by Crippen LogP contribution is -2.45. The molecular weight excluding hydrogens is 276 g/mol. The van der Waals surface area contributed by atoms with Gasteiger partial charge >= 0.3 is 0 Å². The monoisotopic (exact) mass is 310 g/mol. The molecule has 0 aromatic heterocycles. The van der Waals surface area contributed by atoms with E-state index in [0.29, 0.717) is 12.8 Å². The first-order valence-corrected chi connectivity index (χ1v) is 7.64. The van der Waals surface area contributed by atoms with Gasteiger partial charge in [0.1, 0.15) is 22.7 Å². The molecule has 6 N–H and O–H groups in total. The third-order valence-electron chi connectivity index (χ3n) is 3.40. The van der Waals surface area contributed by atoms with Crippen LogP contribution in [0.5, 0.6) is 0 Å². The molecule has 0 amide bonds. The Kier molecular flexibility index (Phi) is 5.92. The SMILES string of the molecule is CC(C)(C)CC(C)(N=NC(C)(CC(C)(C)C)C(=N)N)C(=N)N. The molecule has 2 atom stereocenters. The van der Waals surface area contributed by atoms with Gasteiger partial charge in [-0.05, 0) is 37.5 Å². The number of azo groups is 1. The smallest absolute Gasteiger partial charge is 0.135 e.